The molecule has 0 bridgehead atoms. The molecule has 16 heavy (non-hydrogen) atoms. The van der Waals surface area contributed by atoms with Crippen LogP contribution in [0, 0.1) is 0 Å². The maximum atomic E-state index is 5.94. The van der Waals surface area contributed by atoms with Gasteiger partial charge in [0.2, 0.25) is 0 Å². The Hall–Kier alpha value is -1.52. The molecule has 0 aliphatic rings. The predicted octanol–water partition coefficient (Wildman–Crippen LogP) is 1.99. The van der Waals surface area contributed by atoms with Crippen LogP contribution in [0.1, 0.15) is 5.69 Å². The molecule has 0 radical (unpaired) electrons. The van der Waals surface area contributed by atoms with E-state index in [2.05, 4.69) is 5.10 Å². The molecule has 84 valence electrons. The molecule has 0 saturated heterocycles. The van der Waals surface area contributed by atoms with E-state index in [4.69, 9.17) is 22.1 Å². The van der Waals surface area contributed by atoms with Gasteiger partial charge in [-0.1, -0.05) is 11.6 Å². The van der Waals surface area contributed by atoms with Crippen LogP contribution in [0.3, 0.4) is 0 Å². The molecule has 1 aromatic heterocycles. The summed E-state index contributed by atoms with van der Waals surface area (Å²) < 4.78 is 6.88. The van der Waals surface area contributed by atoms with Crippen LogP contribution in [0.2, 0.25) is 5.02 Å². The summed E-state index contributed by atoms with van der Waals surface area (Å²) in [4.78, 5) is 0. The summed E-state index contributed by atoms with van der Waals surface area (Å²) in [6.45, 7) is 0.428. The van der Waals surface area contributed by atoms with E-state index < -0.39 is 0 Å². The van der Waals surface area contributed by atoms with Crippen molar-refractivity contribution in [3.05, 3.63) is 41.2 Å². The molecule has 2 aromatic rings. The maximum absolute atomic E-state index is 5.94. The van der Waals surface area contributed by atoms with Crippen molar-refractivity contribution < 1.29 is 4.74 Å². The van der Waals surface area contributed by atoms with Gasteiger partial charge in [0.25, 0.3) is 0 Å². The molecule has 2 N–H and O–H groups in total. The summed E-state index contributed by atoms with van der Waals surface area (Å²) in [6.07, 6.45) is 1.85. The standard InChI is InChI=1S/C11H12ClN3O/c1-16-11-6-9(2-3-10(11)12)15-5-4-8(7-13)14-15/h2-6H,7,13H2,1H3. The summed E-state index contributed by atoms with van der Waals surface area (Å²) >= 11 is 5.94. The zero-order valence-corrected chi connectivity index (χ0v) is 9.61. The average molecular weight is 238 g/mol. The second-order valence-corrected chi connectivity index (χ2v) is 3.68. The van der Waals surface area contributed by atoms with Gasteiger partial charge in [-0.15, -0.1) is 0 Å². The van der Waals surface area contributed by atoms with Crippen molar-refractivity contribution in [3.63, 3.8) is 0 Å². The molecule has 1 heterocycles. The summed E-state index contributed by atoms with van der Waals surface area (Å²) in [6, 6.07) is 7.36. The van der Waals surface area contributed by atoms with Crippen molar-refractivity contribution in [1.82, 2.24) is 9.78 Å². The number of ether oxygens (including phenoxy) is 1. The van der Waals surface area contributed by atoms with E-state index in [0.29, 0.717) is 17.3 Å². The number of aromatic nitrogens is 2. The highest BCUT2D eigenvalue weighted by atomic mass is 35.5. The molecule has 5 heteroatoms. The zero-order valence-electron chi connectivity index (χ0n) is 8.85. The highest BCUT2D eigenvalue weighted by Crippen LogP contribution is 2.26. The van der Waals surface area contributed by atoms with Gasteiger partial charge in [0.1, 0.15) is 5.75 Å². The fourth-order valence-electron chi connectivity index (χ4n) is 1.41. The minimum Gasteiger partial charge on any atom is -0.495 e. The van der Waals surface area contributed by atoms with Crippen LogP contribution in [0.25, 0.3) is 5.69 Å². The lowest BCUT2D eigenvalue weighted by Gasteiger charge is -2.06. The van der Waals surface area contributed by atoms with Gasteiger partial charge in [0.15, 0.2) is 0 Å². The van der Waals surface area contributed by atoms with Crippen LogP contribution in [0.4, 0.5) is 0 Å². The first-order chi connectivity index (χ1) is 7.74. The SMILES string of the molecule is COc1cc(-n2ccc(CN)n2)ccc1Cl. The monoisotopic (exact) mass is 237 g/mol. The summed E-state index contributed by atoms with van der Waals surface area (Å²) in [7, 11) is 1.58. The number of methoxy groups -OCH3 is 1. The summed E-state index contributed by atoms with van der Waals surface area (Å²) in [5, 5.41) is 4.88. The van der Waals surface area contributed by atoms with Crippen molar-refractivity contribution in [2.45, 2.75) is 6.54 Å². The number of rotatable bonds is 3. The Balaban J connectivity index is 2.40. The van der Waals surface area contributed by atoms with Gasteiger partial charge < -0.3 is 10.5 Å². The van der Waals surface area contributed by atoms with Gasteiger partial charge in [0.05, 0.1) is 23.5 Å². The molecule has 0 aliphatic carbocycles. The Morgan fingerprint density at radius 3 is 2.88 bits per heavy atom. The minimum absolute atomic E-state index is 0.428. The Bertz CT molecular complexity index is 496. The number of nitrogens with zero attached hydrogens (tertiary/aromatic N) is 2. The lowest BCUT2D eigenvalue weighted by molar-refractivity contribution is 0.414. The molecule has 0 saturated carbocycles. The molecule has 0 atom stereocenters. The largest absolute Gasteiger partial charge is 0.495 e. The fourth-order valence-corrected chi connectivity index (χ4v) is 1.60. The molecular weight excluding hydrogens is 226 g/mol. The topological polar surface area (TPSA) is 53.1 Å². The molecule has 0 amide bonds. The third-order valence-electron chi connectivity index (χ3n) is 2.25. The second-order valence-electron chi connectivity index (χ2n) is 3.27. The van der Waals surface area contributed by atoms with E-state index in [-0.39, 0.29) is 0 Å². The van der Waals surface area contributed by atoms with Crippen LogP contribution in [-0.2, 0) is 6.54 Å². The minimum atomic E-state index is 0.428. The molecule has 4 nitrogen and oxygen atoms in total. The molecular formula is C11H12ClN3O. The fraction of sp³-hybridized carbons (Fsp3) is 0.182. The van der Waals surface area contributed by atoms with E-state index >= 15 is 0 Å². The number of benzene rings is 1. The van der Waals surface area contributed by atoms with E-state index in [1.165, 1.54) is 0 Å². The normalized spacial score (nSPS) is 10.4. The van der Waals surface area contributed by atoms with E-state index in [1.807, 2.05) is 24.4 Å². The molecule has 0 spiro atoms. The third kappa shape index (κ3) is 2.03. The number of nitrogens with two attached hydrogens (primary N) is 1. The molecule has 1 aromatic carbocycles. The Morgan fingerprint density at radius 2 is 2.25 bits per heavy atom. The molecule has 0 unspecified atom stereocenters. The van der Waals surface area contributed by atoms with Gasteiger partial charge >= 0.3 is 0 Å². The van der Waals surface area contributed by atoms with Crippen LogP contribution < -0.4 is 10.5 Å². The number of hydrogen-bond acceptors (Lipinski definition) is 3. The highest BCUT2D eigenvalue weighted by Gasteiger charge is 2.04. The average Bonchev–Trinajstić information content (AvgIpc) is 2.78. The predicted molar refractivity (Wildman–Crippen MR) is 63.0 cm³/mol. The smallest absolute Gasteiger partial charge is 0.139 e. The quantitative estimate of drug-likeness (QED) is 0.888. The van der Waals surface area contributed by atoms with Crippen LogP contribution in [-0.4, -0.2) is 16.9 Å². The Labute approximate surface area is 98.6 Å². The van der Waals surface area contributed by atoms with Crippen molar-refractivity contribution >= 4 is 11.6 Å². The third-order valence-corrected chi connectivity index (χ3v) is 2.56. The van der Waals surface area contributed by atoms with Crippen molar-refractivity contribution in [1.29, 1.82) is 0 Å². The lowest BCUT2D eigenvalue weighted by Crippen LogP contribution is -2.00. The van der Waals surface area contributed by atoms with E-state index in [0.717, 1.165) is 11.4 Å². The summed E-state index contributed by atoms with van der Waals surface area (Å²) in [5.41, 5.74) is 7.23. The Kier molecular flexibility index (Phi) is 3.12. The van der Waals surface area contributed by atoms with Crippen molar-refractivity contribution in [3.8, 4) is 11.4 Å². The van der Waals surface area contributed by atoms with Gasteiger partial charge in [-0.3, -0.25) is 0 Å². The van der Waals surface area contributed by atoms with E-state index in [1.54, 1.807) is 17.9 Å². The first-order valence-corrected chi connectivity index (χ1v) is 5.21. The van der Waals surface area contributed by atoms with Crippen molar-refractivity contribution in [2.24, 2.45) is 5.73 Å². The van der Waals surface area contributed by atoms with Gasteiger partial charge in [-0.2, -0.15) is 5.10 Å². The molecule has 2 rings (SSSR count). The molecule has 0 fully saturated rings. The van der Waals surface area contributed by atoms with Gasteiger partial charge in [-0.25, -0.2) is 4.68 Å². The van der Waals surface area contributed by atoms with Crippen LogP contribution in [0.15, 0.2) is 30.5 Å². The highest BCUT2D eigenvalue weighted by molar-refractivity contribution is 6.32. The van der Waals surface area contributed by atoms with Gasteiger partial charge in [-0.05, 0) is 18.2 Å². The summed E-state index contributed by atoms with van der Waals surface area (Å²) in [5.74, 6) is 0.629. The first-order valence-electron chi connectivity index (χ1n) is 4.83. The van der Waals surface area contributed by atoms with Gasteiger partial charge in [0, 0.05) is 18.8 Å². The van der Waals surface area contributed by atoms with Crippen molar-refractivity contribution in [2.75, 3.05) is 7.11 Å². The first kappa shape index (κ1) is 11.0. The number of hydrogen-bond donors (Lipinski definition) is 1. The second kappa shape index (κ2) is 4.55. The molecule has 0 aliphatic heterocycles. The zero-order chi connectivity index (χ0) is 11.5. The number of halogens is 1. The van der Waals surface area contributed by atoms with Crippen LogP contribution in [0.5, 0.6) is 5.75 Å². The lowest BCUT2D eigenvalue weighted by atomic mass is 10.3. The van der Waals surface area contributed by atoms with E-state index in [9.17, 15) is 0 Å². The van der Waals surface area contributed by atoms with Crippen LogP contribution >= 0.6 is 11.6 Å². The Morgan fingerprint density at radius 1 is 1.44 bits per heavy atom. The maximum Gasteiger partial charge on any atom is 0.139 e.